The summed E-state index contributed by atoms with van der Waals surface area (Å²) in [5.41, 5.74) is 1.27. The molecule has 0 saturated heterocycles. The Morgan fingerprint density at radius 1 is 1.12 bits per heavy atom. The number of carboxylic acids is 1. The van der Waals surface area contributed by atoms with Gasteiger partial charge in [-0.15, -0.1) is 0 Å². The van der Waals surface area contributed by atoms with Crippen LogP contribution in [-0.4, -0.2) is 22.8 Å². The minimum Gasteiger partial charge on any atom is -0.478 e. The number of benzene rings is 2. The second-order valence-corrected chi connectivity index (χ2v) is 3.71. The number of aromatic carboxylic acids is 1. The summed E-state index contributed by atoms with van der Waals surface area (Å²) in [6, 6.07) is 10.7. The third-order valence-electron chi connectivity index (χ3n) is 2.53. The average Bonchev–Trinajstić information content (AvgIpc) is 2.35. The smallest absolute Gasteiger partial charge is 0.335 e. The van der Waals surface area contributed by atoms with Gasteiger partial charge in [-0.3, -0.25) is 0 Å². The van der Waals surface area contributed by atoms with Crippen molar-refractivity contribution in [2.75, 3.05) is 6.61 Å². The van der Waals surface area contributed by atoms with Gasteiger partial charge in [0.1, 0.15) is 0 Å². The molecule has 86 valence electrons. The quantitative estimate of drug-likeness (QED) is 0.848. The van der Waals surface area contributed by atoms with Gasteiger partial charge in [0.15, 0.2) is 0 Å². The van der Waals surface area contributed by atoms with Crippen molar-refractivity contribution in [1.82, 2.24) is 0 Å². The van der Waals surface area contributed by atoms with Crippen molar-refractivity contribution in [3.8, 4) is 0 Å². The van der Waals surface area contributed by atoms with Crippen molar-refractivity contribution < 1.29 is 15.0 Å². The lowest BCUT2D eigenvalue weighted by atomic mass is 10.0. The molecule has 3 nitrogen and oxygen atoms in total. The van der Waals surface area contributed by atoms with Crippen LogP contribution < -0.4 is 0 Å². The van der Waals surface area contributed by atoms with Crippen LogP contribution in [0.2, 0.25) is 0 Å². The Kier molecular flexibility index (Phi) is 3.21. The number of hydrogen-bond donors (Lipinski definition) is 2. The second kappa shape index (κ2) is 4.80. The molecule has 0 bridgehead atoms. The Labute approximate surface area is 98.6 Å². The van der Waals surface area contributed by atoms with Gasteiger partial charge in [0.05, 0.1) is 12.2 Å². The van der Waals surface area contributed by atoms with E-state index in [9.17, 15) is 4.79 Å². The SMILES string of the molecule is O=C(O)c1ccc2cc(C=CCO)ccc2c1. The van der Waals surface area contributed by atoms with Crippen molar-refractivity contribution in [2.45, 2.75) is 0 Å². The number of fused-ring (bicyclic) bond motifs is 1. The summed E-state index contributed by atoms with van der Waals surface area (Å²) in [4.78, 5) is 10.8. The zero-order chi connectivity index (χ0) is 12.3. The fourth-order valence-corrected chi connectivity index (χ4v) is 1.69. The maximum Gasteiger partial charge on any atom is 0.335 e. The van der Waals surface area contributed by atoms with Crippen molar-refractivity contribution in [3.63, 3.8) is 0 Å². The van der Waals surface area contributed by atoms with Crippen LogP contribution in [0.3, 0.4) is 0 Å². The van der Waals surface area contributed by atoms with E-state index in [2.05, 4.69) is 0 Å². The molecule has 0 atom stereocenters. The highest BCUT2D eigenvalue weighted by atomic mass is 16.4. The van der Waals surface area contributed by atoms with Crippen LogP contribution >= 0.6 is 0 Å². The first kappa shape index (κ1) is 11.4. The zero-order valence-electron chi connectivity index (χ0n) is 9.13. The first-order valence-corrected chi connectivity index (χ1v) is 5.25. The molecule has 0 saturated carbocycles. The highest BCUT2D eigenvalue weighted by Gasteiger charge is 2.03. The normalized spacial score (nSPS) is 11.1. The van der Waals surface area contributed by atoms with Crippen LogP contribution in [0.15, 0.2) is 42.5 Å². The Hall–Kier alpha value is -2.13. The van der Waals surface area contributed by atoms with Crippen molar-refractivity contribution in [2.24, 2.45) is 0 Å². The van der Waals surface area contributed by atoms with Crippen LogP contribution in [-0.2, 0) is 0 Å². The monoisotopic (exact) mass is 228 g/mol. The fourth-order valence-electron chi connectivity index (χ4n) is 1.69. The lowest BCUT2D eigenvalue weighted by Gasteiger charge is -2.01. The first-order chi connectivity index (χ1) is 8.20. The van der Waals surface area contributed by atoms with Gasteiger partial charge in [0.2, 0.25) is 0 Å². The molecule has 0 amide bonds. The van der Waals surface area contributed by atoms with Gasteiger partial charge >= 0.3 is 5.97 Å². The summed E-state index contributed by atoms with van der Waals surface area (Å²) in [5, 5.41) is 19.4. The van der Waals surface area contributed by atoms with Gasteiger partial charge in [-0.1, -0.05) is 30.4 Å². The van der Waals surface area contributed by atoms with Crippen LogP contribution in [0.1, 0.15) is 15.9 Å². The van der Waals surface area contributed by atoms with Gasteiger partial charge in [0.25, 0.3) is 0 Å². The Morgan fingerprint density at radius 2 is 1.82 bits per heavy atom. The molecular formula is C14H12O3. The number of aliphatic hydroxyl groups is 1. The molecule has 0 radical (unpaired) electrons. The molecule has 0 fully saturated rings. The Morgan fingerprint density at radius 3 is 2.53 bits per heavy atom. The van der Waals surface area contributed by atoms with E-state index in [0.717, 1.165) is 16.3 Å². The summed E-state index contributed by atoms with van der Waals surface area (Å²) in [5.74, 6) is -0.920. The summed E-state index contributed by atoms with van der Waals surface area (Å²) in [7, 11) is 0. The third-order valence-corrected chi connectivity index (χ3v) is 2.53. The lowest BCUT2D eigenvalue weighted by molar-refractivity contribution is 0.0697. The summed E-state index contributed by atoms with van der Waals surface area (Å²) >= 11 is 0. The van der Waals surface area contributed by atoms with E-state index in [0.29, 0.717) is 0 Å². The zero-order valence-corrected chi connectivity index (χ0v) is 9.13. The standard InChI is InChI=1S/C14H12O3/c15-7-1-2-10-3-4-12-9-13(14(16)17)6-5-11(12)8-10/h1-6,8-9,15H,7H2,(H,16,17). The molecule has 0 aliphatic heterocycles. The molecule has 17 heavy (non-hydrogen) atoms. The van der Waals surface area contributed by atoms with E-state index in [1.54, 1.807) is 24.3 Å². The van der Waals surface area contributed by atoms with E-state index < -0.39 is 5.97 Å². The lowest BCUT2D eigenvalue weighted by Crippen LogP contribution is -1.95. The molecule has 2 N–H and O–H groups in total. The minimum absolute atomic E-state index is 0.00991. The van der Waals surface area contributed by atoms with Crippen LogP contribution in [0.5, 0.6) is 0 Å². The van der Waals surface area contributed by atoms with E-state index in [1.807, 2.05) is 24.3 Å². The van der Waals surface area contributed by atoms with Crippen molar-refractivity contribution in [1.29, 1.82) is 0 Å². The molecule has 0 aromatic heterocycles. The number of aliphatic hydroxyl groups excluding tert-OH is 1. The van der Waals surface area contributed by atoms with Crippen LogP contribution in [0.4, 0.5) is 0 Å². The first-order valence-electron chi connectivity index (χ1n) is 5.25. The Balaban J connectivity index is 2.46. The number of carbonyl (C=O) groups is 1. The summed E-state index contributed by atoms with van der Waals surface area (Å²) in [6.07, 6.45) is 3.48. The van der Waals surface area contributed by atoms with E-state index in [-0.39, 0.29) is 12.2 Å². The van der Waals surface area contributed by atoms with Crippen molar-refractivity contribution >= 4 is 22.8 Å². The maximum atomic E-state index is 10.8. The van der Waals surface area contributed by atoms with Gasteiger partial charge in [0, 0.05) is 0 Å². The highest BCUT2D eigenvalue weighted by molar-refractivity contribution is 5.94. The van der Waals surface area contributed by atoms with Gasteiger partial charge in [-0.2, -0.15) is 0 Å². The van der Waals surface area contributed by atoms with Crippen molar-refractivity contribution in [3.05, 3.63) is 53.6 Å². The third kappa shape index (κ3) is 2.52. The van der Waals surface area contributed by atoms with Gasteiger partial charge in [-0.05, 0) is 34.5 Å². The molecule has 0 heterocycles. The molecule has 2 aromatic carbocycles. The predicted octanol–water partition coefficient (Wildman–Crippen LogP) is 2.54. The highest BCUT2D eigenvalue weighted by Crippen LogP contribution is 2.18. The molecule has 0 spiro atoms. The molecule has 3 heteroatoms. The fraction of sp³-hybridized carbons (Fsp3) is 0.0714. The number of carboxylic acid groups (broad SMARTS) is 1. The predicted molar refractivity (Wildman–Crippen MR) is 67.0 cm³/mol. The van der Waals surface area contributed by atoms with E-state index in [1.165, 1.54) is 0 Å². The van der Waals surface area contributed by atoms with Gasteiger partial charge in [-0.25, -0.2) is 4.79 Å². The van der Waals surface area contributed by atoms with Crippen LogP contribution in [0, 0.1) is 0 Å². The molecule has 2 rings (SSSR count). The topological polar surface area (TPSA) is 57.5 Å². The molecule has 2 aromatic rings. The molecule has 0 aliphatic rings. The minimum atomic E-state index is -0.920. The number of rotatable bonds is 3. The Bertz CT molecular complexity index is 585. The van der Waals surface area contributed by atoms with Gasteiger partial charge < -0.3 is 10.2 Å². The molecular weight excluding hydrogens is 216 g/mol. The average molecular weight is 228 g/mol. The molecule has 0 unspecified atom stereocenters. The summed E-state index contributed by atoms with van der Waals surface area (Å²) in [6.45, 7) is 0.00991. The largest absolute Gasteiger partial charge is 0.478 e. The summed E-state index contributed by atoms with van der Waals surface area (Å²) < 4.78 is 0. The van der Waals surface area contributed by atoms with Crippen LogP contribution in [0.25, 0.3) is 16.8 Å². The van der Waals surface area contributed by atoms with E-state index >= 15 is 0 Å². The second-order valence-electron chi connectivity index (χ2n) is 3.71. The maximum absolute atomic E-state index is 10.8. The van der Waals surface area contributed by atoms with E-state index in [4.69, 9.17) is 10.2 Å². The molecule has 0 aliphatic carbocycles. The number of hydrogen-bond acceptors (Lipinski definition) is 2.